The molecule has 1 spiro atoms. The highest BCUT2D eigenvalue weighted by Crippen LogP contribution is 2.44. The van der Waals surface area contributed by atoms with Crippen LogP contribution in [0.1, 0.15) is 37.7 Å². The van der Waals surface area contributed by atoms with Gasteiger partial charge in [-0.2, -0.15) is 0 Å². The van der Waals surface area contributed by atoms with Crippen molar-refractivity contribution in [1.29, 1.82) is 0 Å². The van der Waals surface area contributed by atoms with Gasteiger partial charge in [0, 0.05) is 13.1 Å². The maximum absolute atomic E-state index is 11.6. The molecule has 1 saturated carbocycles. The minimum Gasteiger partial charge on any atom is -0.480 e. The standard InChI is InChI=1S/C17H23NO2/c19-16(20)15(11-14-7-3-1-4-8-14)18-12-17(13-18)9-5-2-6-10-17/h1,3-4,7-8,15H,2,5-6,9-13H2,(H,19,20). The molecule has 1 aliphatic carbocycles. The predicted molar refractivity (Wildman–Crippen MR) is 78.7 cm³/mol. The van der Waals surface area contributed by atoms with E-state index in [1.807, 2.05) is 30.3 Å². The number of carboxylic acid groups (broad SMARTS) is 1. The second kappa shape index (κ2) is 5.57. The molecule has 1 saturated heterocycles. The molecule has 108 valence electrons. The molecule has 0 aromatic heterocycles. The quantitative estimate of drug-likeness (QED) is 0.917. The molecule has 1 N–H and O–H groups in total. The number of likely N-dealkylation sites (tertiary alicyclic amines) is 1. The van der Waals surface area contributed by atoms with Crippen molar-refractivity contribution in [2.45, 2.75) is 44.6 Å². The third kappa shape index (κ3) is 2.73. The fourth-order valence-corrected chi connectivity index (χ4v) is 3.86. The first-order valence-electron chi connectivity index (χ1n) is 7.69. The molecule has 3 heteroatoms. The van der Waals surface area contributed by atoms with E-state index in [0.717, 1.165) is 18.7 Å². The van der Waals surface area contributed by atoms with Crippen molar-refractivity contribution in [3.63, 3.8) is 0 Å². The highest BCUT2D eigenvalue weighted by Gasteiger charge is 2.47. The van der Waals surface area contributed by atoms with Crippen LogP contribution in [0.5, 0.6) is 0 Å². The van der Waals surface area contributed by atoms with Crippen LogP contribution in [0.25, 0.3) is 0 Å². The molecule has 0 amide bonds. The normalized spacial score (nSPS) is 23.2. The zero-order valence-electron chi connectivity index (χ0n) is 11.9. The van der Waals surface area contributed by atoms with Gasteiger partial charge < -0.3 is 5.11 Å². The molecule has 20 heavy (non-hydrogen) atoms. The van der Waals surface area contributed by atoms with Crippen LogP contribution in [0.3, 0.4) is 0 Å². The molecule has 1 unspecified atom stereocenters. The topological polar surface area (TPSA) is 40.5 Å². The third-order valence-corrected chi connectivity index (χ3v) is 4.99. The Kier molecular flexibility index (Phi) is 3.79. The van der Waals surface area contributed by atoms with E-state index >= 15 is 0 Å². The van der Waals surface area contributed by atoms with E-state index in [1.165, 1.54) is 32.1 Å². The van der Waals surface area contributed by atoms with Crippen LogP contribution in [-0.2, 0) is 11.2 Å². The van der Waals surface area contributed by atoms with Crippen LogP contribution < -0.4 is 0 Å². The maximum atomic E-state index is 11.6. The molecule has 3 rings (SSSR count). The summed E-state index contributed by atoms with van der Waals surface area (Å²) in [7, 11) is 0. The van der Waals surface area contributed by atoms with E-state index in [1.54, 1.807) is 0 Å². The third-order valence-electron chi connectivity index (χ3n) is 4.99. The van der Waals surface area contributed by atoms with Gasteiger partial charge >= 0.3 is 5.97 Å². The zero-order chi connectivity index (χ0) is 14.0. The molecule has 2 fully saturated rings. The van der Waals surface area contributed by atoms with E-state index in [0.29, 0.717) is 11.8 Å². The predicted octanol–water partition coefficient (Wildman–Crippen LogP) is 2.95. The van der Waals surface area contributed by atoms with Crippen molar-refractivity contribution in [2.75, 3.05) is 13.1 Å². The first-order chi connectivity index (χ1) is 9.69. The number of carboxylic acids is 1. The molecule has 1 atom stereocenters. The SMILES string of the molecule is O=C(O)C(Cc1ccccc1)N1CC2(CCCCC2)C1. The lowest BCUT2D eigenvalue weighted by Gasteiger charge is -2.54. The number of rotatable bonds is 4. The molecule has 1 aliphatic heterocycles. The van der Waals surface area contributed by atoms with Crippen LogP contribution in [0.15, 0.2) is 30.3 Å². The summed E-state index contributed by atoms with van der Waals surface area (Å²) in [4.78, 5) is 13.7. The highest BCUT2D eigenvalue weighted by molar-refractivity contribution is 5.74. The van der Waals surface area contributed by atoms with Gasteiger partial charge in [0.15, 0.2) is 0 Å². The number of benzene rings is 1. The first kappa shape index (κ1) is 13.6. The van der Waals surface area contributed by atoms with Crippen molar-refractivity contribution < 1.29 is 9.90 Å². The fourth-order valence-electron chi connectivity index (χ4n) is 3.86. The smallest absolute Gasteiger partial charge is 0.321 e. The van der Waals surface area contributed by atoms with E-state index in [9.17, 15) is 9.90 Å². The molecule has 0 radical (unpaired) electrons. The Morgan fingerprint density at radius 1 is 1.15 bits per heavy atom. The second-order valence-electron chi connectivity index (χ2n) is 6.51. The molecule has 3 nitrogen and oxygen atoms in total. The van der Waals surface area contributed by atoms with E-state index in [4.69, 9.17) is 0 Å². The van der Waals surface area contributed by atoms with Crippen LogP contribution in [0.4, 0.5) is 0 Å². The van der Waals surface area contributed by atoms with Gasteiger partial charge in [0.25, 0.3) is 0 Å². The van der Waals surface area contributed by atoms with Gasteiger partial charge in [0.2, 0.25) is 0 Å². The summed E-state index contributed by atoms with van der Waals surface area (Å²) < 4.78 is 0. The van der Waals surface area contributed by atoms with Crippen molar-refractivity contribution >= 4 is 5.97 Å². The number of hydrogen-bond donors (Lipinski definition) is 1. The summed E-state index contributed by atoms with van der Waals surface area (Å²) in [5.41, 5.74) is 1.56. The monoisotopic (exact) mass is 273 g/mol. The molecule has 2 aliphatic rings. The molecule has 0 bridgehead atoms. The summed E-state index contributed by atoms with van der Waals surface area (Å²) in [5.74, 6) is -0.681. The van der Waals surface area contributed by atoms with Gasteiger partial charge in [-0.3, -0.25) is 9.69 Å². The Bertz CT molecular complexity index is 457. The van der Waals surface area contributed by atoms with Gasteiger partial charge in [-0.15, -0.1) is 0 Å². The number of nitrogens with zero attached hydrogens (tertiary/aromatic N) is 1. The Labute approximate surface area is 120 Å². The molecular formula is C17H23NO2. The van der Waals surface area contributed by atoms with E-state index in [2.05, 4.69) is 4.90 Å². The molecular weight excluding hydrogens is 250 g/mol. The number of hydrogen-bond acceptors (Lipinski definition) is 2. The largest absolute Gasteiger partial charge is 0.480 e. The minimum atomic E-state index is -0.681. The Morgan fingerprint density at radius 2 is 1.80 bits per heavy atom. The van der Waals surface area contributed by atoms with Gasteiger partial charge in [-0.25, -0.2) is 0 Å². The average Bonchev–Trinajstić information content (AvgIpc) is 2.44. The molecule has 1 heterocycles. The average molecular weight is 273 g/mol. The highest BCUT2D eigenvalue weighted by atomic mass is 16.4. The van der Waals surface area contributed by atoms with Crippen LogP contribution >= 0.6 is 0 Å². The summed E-state index contributed by atoms with van der Waals surface area (Å²) >= 11 is 0. The maximum Gasteiger partial charge on any atom is 0.321 e. The van der Waals surface area contributed by atoms with Gasteiger partial charge in [-0.05, 0) is 30.2 Å². The zero-order valence-corrected chi connectivity index (χ0v) is 11.9. The lowest BCUT2D eigenvalue weighted by Crippen LogP contribution is -2.62. The van der Waals surface area contributed by atoms with Crippen LogP contribution in [0.2, 0.25) is 0 Å². The van der Waals surface area contributed by atoms with Crippen molar-refractivity contribution in [3.05, 3.63) is 35.9 Å². The number of carbonyl (C=O) groups is 1. The Balaban J connectivity index is 1.63. The van der Waals surface area contributed by atoms with Crippen LogP contribution in [-0.4, -0.2) is 35.1 Å². The summed E-state index contributed by atoms with van der Waals surface area (Å²) in [5, 5.41) is 9.52. The lowest BCUT2D eigenvalue weighted by molar-refractivity contribution is -0.150. The number of aliphatic carboxylic acids is 1. The minimum absolute atomic E-state index is 0.357. The second-order valence-corrected chi connectivity index (χ2v) is 6.51. The molecule has 1 aromatic carbocycles. The molecule has 1 aromatic rings. The van der Waals surface area contributed by atoms with Gasteiger partial charge in [0.1, 0.15) is 6.04 Å². The van der Waals surface area contributed by atoms with Gasteiger partial charge in [-0.1, -0.05) is 49.6 Å². The Morgan fingerprint density at radius 3 is 2.40 bits per heavy atom. The summed E-state index contributed by atoms with van der Waals surface area (Å²) in [6.45, 7) is 1.97. The van der Waals surface area contributed by atoms with E-state index < -0.39 is 5.97 Å². The van der Waals surface area contributed by atoms with Crippen molar-refractivity contribution in [3.8, 4) is 0 Å². The summed E-state index contributed by atoms with van der Waals surface area (Å²) in [6.07, 6.45) is 7.21. The Hall–Kier alpha value is -1.35. The fraction of sp³-hybridized carbons (Fsp3) is 0.588. The van der Waals surface area contributed by atoms with Crippen LogP contribution in [0, 0.1) is 5.41 Å². The van der Waals surface area contributed by atoms with E-state index in [-0.39, 0.29) is 6.04 Å². The summed E-state index contributed by atoms with van der Waals surface area (Å²) in [6, 6.07) is 9.61. The lowest BCUT2D eigenvalue weighted by atomic mass is 9.68. The van der Waals surface area contributed by atoms with Gasteiger partial charge in [0.05, 0.1) is 0 Å². The van der Waals surface area contributed by atoms with Crippen molar-refractivity contribution in [2.24, 2.45) is 5.41 Å². The van der Waals surface area contributed by atoms with Crippen molar-refractivity contribution in [1.82, 2.24) is 4.90 Å². The first-order valence-corrected chi connectivity index (χ1v) is 7.69.